The Hall–Kier alpha value is -4.02. The van der Waals surface area contributed by atoms with Gasteiger partial charge in [-0.05, 0) is 83.4 Å². The number of carboxylic acids is 1. The predicted molar refractivity (Wildman–Crippen MR) is 187 cm³/mol. The highest BCUT2D eigenvalue weighted by Crippen LogP contribution is 2.35. The van der Waals surface area contributed by atoms with Crippen LogP contribution in [0.4, 0.5) is 4.39 Å². The Labute approximate surface area is 290 Å². The number of likely N-dealkylation sites (N-methyl/N-ethyl adjacent to an activating group) is 1. The highest BCUT2D eigenvalue weighted by molar-refractivity contribution is 9.10. The van der Waals surface area contributed by atoms with Crippen molar-refractivity contribution in [2.24, 2.45) is 5.41 Å². The third kappa shape index (κ3) is 8.71. The molecule has 0 radical (unpaired) electrons. The van der Waals surface area contributed by atoms with E-state index in [0.717, 1.165) is 28.7 Å². The van der Waals surface area contributed by atoms with E-state index in [1.54, 1.807) is 29.7 Å². The van der Waals surface area contributed by atoms with E-state index in [1.807, 2.05) is 49.5 Å². The topological polar surface area (TPSA) is 99.2 Å². The van der Waals surface area contributed by atoms with Crippen LogP contribution in [-0.4, -0.2) is 78.1 Å². The summed E-state index contributed by atoms with van der Waals surface area (Å²) in [6.07, 6.45) is 2.30. The molecule has 0 saturated carbocycles. The Kier molecular flexibility index (Phi) is 11.4. The lowest BCUT2D eigenvalue weighted by atomic mass is 9.82. The lowest BCUT2D eigenvalue weighted by Gasteiger charge is -2.45. The number of halogens is 2. The molecule has 1 saturated heterocycles. The van der Waals surface area contributed by atoms with E-state index in [9.17, 15) is 23.9 Å². The molecule has 8 nitrogen and oxygen atoms in total. The van der Waals surface area contributed by atoms with Crippen LogP contribution in [0.25, 0.3) is 5.57 Å². The second kappa shape index (κ2) is 15.5. The van der Waals surface area contributed by atoms with Gasteiger partial charge < -0.3 is 25.0 Å². The molecule has 2 aliphatic heterocycles. The van der Waals surface area contributed by atoms with Gasteiger partial charge in [-0.1, -0.05) is 54.6 Å². The fourth-order valence-corrected chi connectivity index (χ4v) is 6.60. The molecule has 0 aromatic heterocycles. The van der Waals surface area contributed by atoms with Gasteiger partial charge in [0, 0.05) is 57.2 Å². The van der Waals surface area contributed by atoms with Crippen molar-refractivity contribution in [2.75, 3.05) is 33.3 Å². The Morgan fingerprint density at radius 1 is 1.02 bits per heavy atom. The van der Waals surface area contributed by atoms with Gasteiger partial charge in [0.05, 0.1) is 22.5 Å². The van der Waals surface area contributed by atoms with Crippen LogP contribution in [0, 0.1) is 11.2 Å². The van der Waals surface area contributed by atoms with E-state index >= 15 is 0 Å². The number of nitrogens with one attached hydrogen (secondary N) is 1. The molecule has 2 amide bonds. The fraction of sp³-hybridized carbons (Fsp3) is 0.395. The average Bonchev–Trinajstić information content (AvgIpc) is 3.07. The first kappa shape index (κ1) is 35.3. The number of amides is 2. The van der Waals surface area contributed by atoms with Crippen LogP contribution in [0.1, 0.15) is 49.8 Å². The predicted octanol–water partition coefficient (Wildman–Crippen LogP) is 6.13. The number of fused-ring (bicyclic) bond motifs is 2. The molecular weight excluding hydrogens is 677 g/mol. The maximum absolute atomic E-state index is 14.2. The third-order valence-corrected chi connectivity index (χ3v) is 9.96. The number of piperazine rings is 1. The smallest absolute Gasteiger partial charge is 0.309 e. The minimum atomic E-state index is -0.996. The number of ether oxygens (including phenoxy) is 1. The van der Waals surface area contributed by atoms with Crippen LogP contribution in [0.15, 0.2) is 82.8 Å². The van der Waals surface area contributed by atoms with E-state index in [2.05, 4.69) is 33.4 Å². The molecule has 5 rings (SSSR count). The normalized spacial score (nSPS) is 17.6. The third-order valence-electron chi connectivity index (χ3n) is 9.30. The molecule has 2 atom stereocenters. The number of hydrogen-bond acceptors (Lipinski definition) is 5. The number of carbonyl (C=O) groups is 3. The molecule has 10 heteroatoms. The first-order valence-corrected chi connectivity index (χ1v) is 17.2. The van der Waals surface area contributed by atoms with Crippen LogP contribution >= 0.6 is 15.9 Å². The second-order valence-electron chi connectivity index (χ2n) is 13.3. The van der Waals surface area contributed by atoms with E-state index < -0.39 is 11.4 Å². The van der Waals surface area contributed by atoms with Gasteiger partial charge in [-0.2, -0.15) is 0 Å². The van der Waals surface area contributed by atoms with Crippen molar-refractivity contribution in [1.29, 1.82) is 0 Å². The number of hydrogen-bond donors (Lipinski definition) is 2. The second-order valence-corrected chi connectivity index (χ2v) is 14.2. The minimum absolute atomic E-state index is 0.0425. The van der Waals surface area contributed by atoms with Gasteiger partial charge in [0.2, 0.25) is 5.91 Å². The van der Waals surface area contributed by atoms with Crippen molar-refractivity contribution in [2.45, 2.75) is 58.0 Å². The van der Waals surface area contributed by atoms with Gasteiger partial charge >= 0.3 is 5.97 Å². The van der Waals surface area contributed by atoms with Gasteiger partial charge in [-0.3, -0.25) is 14.4 Å². The summed E-state index contributed by atoms with van der Waals surface area (Å²) in [6, 6.07) is 22.2. The van der Waals surface area contributed by atoms with Crippen molar-refractivity contribution in [1.82, 2.24) is 15.1 Å². The van der Waals surface area contributed by atoms with E-state index in [1.165, 1.54) is 12.1 Å². The molecule has 254 valence electrons. The number of carboxylic acid groups (broad SMARTS) is 1. The molecule has 3 aromatic carbocycles. The molecule has 0 spiro atoms. The Morgan fingerprint density at radius 2 is 1.73 bits per heavy atom. The summed E-state index contributed by atoms with van der Waals surface area (Å²) in [5.41, 5.74) is 3.81. The molecule has 48 heavy (non-hydrogen) atoms. The number of nitrogens with zero attached hydrogens (tertiary/aromatic N) is 2. The van der Waals surface area contributed by atoms with Gasteiger partial charge in [0.25, 0.3) is 5.91 Å². The summed E-state index contributed by atoms with van der Waals surface area (Å²) in [6.45, 7) is 5.01. The lowest BCUT2D eigenvalue weighted by molar-refractivity contribution is -0.148. The minimum Gasteiger partial charge on any atom is -0.492 e. The molecular formula is C38H43BrFN3O5. The van der Waals surface area contributed by atoms with E-state index in [4.69, 9.17) is 4.74 Å². The zero-order valence-electron chi connectivity index (χ0n) is 27.7. The van der Waals surface area contributed by atoms with Crippen LogP contribution in [0.2, 0.25) is 0 Å². The fourth-order valence-electron chi connectivity index (χ4n) is 6.24. The van der Waals surface area contributed by atoms with Crippen molar-refractivity contribution in [3.63, 3.8) is 0 Å². The maximum Gasteiger partial charge on any atom is 0.309 e. The van der Waals surface area contributed by atoms with E-state index in [0.29, 0.717) is 54.9 Å². The summed E-state index contributed by atoms with van der Waals surface area (Å²) in [5, 5.41) is 13.1. The van der Waals surface area contributed by atoms with Crippen molar-refractivity contribution < 1.29 is 28.6 Å². The van der Waals surface area contributed by atoms with Crippen molar-refractivity contribution in [3.05, 3.63) is 105 Å². The maximum atomic E-state index is 14.2. The average molecular weight is 721 g/mol. The highest BCUT2D eigenvalue weighted by atomic mass is 79.9. The first-order chi connectivity index (χ1) is 22.9. The largest absolute Gasteiger partial charge is 0.492 e. The number of carbonyl (C=O) groups excluding carboxylic acids is 2. The Bertz CT molecular complexity index is 1660. The number of rotatable bonds is 13. The molecule has 3 aromatic rings. The summed E-state index contributed by atoms with van der Waals surface area (Å²) in [5.74, 6) is -0.995. The Morgan fingerprint density at radius 3 is 2.44 bits per heavy atom. The molecule has 2 unspecified atom stereocenters. The molecule has 1 fully saturated rings. The van der Waals surface area contributed by atoms with Crippen LogP contribution in [0.5, 0.6) is 5.75 Å². The number of aliphatic carboxylic acids is 1. The van der Waals surface area contributed by atoms with Gasteiger partial charge in [-0.25, -0.2) is 4.39 Å². The SMILES string of the molecule is CN(CCc1ccccc1)C(=O)C1=C(c2ccc(CCOc3cc(F)ccc3Br)cc2)CC2CN(C(=O)CCC(C)(C)C(=O)O)CC1N2. The van der Waals surface area contributed by atoms with Crippen LogP contribution in [0.3, 0.4) is 0 Å². The zero-order chi connectivity index (χ0) is 34.4. The zero-order valence-corrected chi connectivity index (χ0v) is 29.3. The summed E-state index contributed by atoms with van der Waals surface area (Å²) in [7, 11) is 1.82. The van der Waals surface area contributed by atoms with Gasteiger partial charge in [0.1, 0.15) is 11.6 Å². The van der Waals surface area contributed by atoms with Crippen molar-refractivity contribution >= 4 is 39.3 Å². The molecule has 0 aliphatic carbocycles. The highest BCUT2D eigenvalue weighted by Gasteiger charge is 2.40. The number of benzene rings is 3. The lowest BCUT2D eigenvalue weighted by Crippen LogP contribution is -2.62. The molecule has 2 aliphatic rings. The quantitative estimate of drug-likeness (QED) is 0.221. The van der Waals surface area contributed by atoms with Gasteiger partial charge in [0.15, 0.2) is 0 Å². The van der Waals surface area contributed by atoms with Crippen molar-refractivity contribution in [3.8, 4) is 5.75 Å². The molecule has 2 heterocycles. The standard InChI is InChI=1S/C38H43BrFN3O5/c1-38(2,37(46)47)18-15-34(44)43-23-29-22-30(27-11-9-26(10-12-27)17-20-48-33-21-28(40)13-14-31(33)39)35(32(24-43)41-29)36(45)42(3)19-16-25-7-5-4-6-8-25/h4-14,21,29,32,41H,15-20,22-24H2,1-3H3,(H,46,47). The van der Waals surface area contributed by atoms with E-state index in [-0.39, 0.29) is 42.6 Å². The monoisotopic (exact) mass is 719 g/mol. The summed E-state index contributed by atoms with van der Waals surface area (Å²) >= 11 is 3.40. The first-order valence-electron chi connectivity index (χ1n) is 16.4. The molecule has 2 bridgehead atoms. The summed E-state index contributed by atoms with van der Waals surface area (Å²) in [4.78, 5) is 42.7. The summed E-state index contributed by atoms with van der Waals surface area (Å²) < 4.78 is 20.2. The van der Waals surface area contributed by atoms with Crippen LogP contribution in [-0.2, 0) is 27.2 Å². The Balaban J connectivity index is 1.34. The van der Waals surface area contributed by atoms with Gasteiger partial charge in [-0.15, -0.1) is 0 Å². The molecule has 2 N–H and O–H groups in total. The van der Waals surface area contributed by atoms with Crippen LogP contribution < -0.4 is 10.1 Å².